The molecular weight excluding hydrogens is 148 g/mol. The van der Waals surface area contributed by atoms with Crippen molar-refractivity contribution in [1.29, 1.82) is 5.26 Å². The van der Waals surface area contributed by atoms with Gasteiger partial charge < -0.3 is 4.90 Å². The molecular formula is C10H16N2. The molecule has 0 radical (unpaired) electrons. The molecule has 1 atom stereocenters. The zero-order chi connectivity index (χ0) is 8.97. The molecule has 0 N–H and O–H groups in total. The number of rotatable bonds is 3. The Balaban J connectivity index is 2.50. The lowest BCUT2D eigenvalue weighted by molar-refractivity contribution is 0.310. The maximum absolute atomic E-state index is 8.52. The molecule has 2 nitrogen and oxygen atoms in total. The SMILES string of the molecule is C=C(CC#N)N1CCC[C@@H]1CC. The van der Waals surface area contributed by atoms with E-state index in [2.05, 4.69) is 24.5 Å². The lowest BCUT2D eigenvalue weighted by atomic mass is 10.1. The van der Waals surface area contributed by atoms with Gasteiger partial charge in [-0.15, -0.1) is 0 Å². The zero-order valence-corrected chi connectivity index (χ0v) is 7.71. The van der Waals surface area contributed by atoms with E-state index in [9.17, 15) is 0 Å². The smallest absolute Gasteiger partial charge is 0.0745 e. The second-order valence-corrected chi connectivity index (χ2v) is 3.30. The summed E-state index contributed by atoms with van der Waals surface area (Å²) in [5, 5.41) is 8.52. The van der Waals surface area contributed by atoms with Gasteiger partial charge in [0.1, 0.15) is 0 Å². The molecule has 0 aromatic heterocycles. The van der Waals surface area contributed by atoms with E-state index < -0.39 is 0 Å². The lowest BCUT2D eigenvalue weighted by Crippen LogP contribution is -2.27. The summed E-state index contributed by atoms with van der Waals surface area (Å²) in [7, 11) is 0. The fraction of sp³-hybridized carbons (Fsp3) is 0.700. The highest BCUT2D eigenvalue weighted by molar-refractivity contribution is 5.05. The van der Waals surface area contributed by atoms with Crippen molar-refractivity contribution >= 4 is 0 Å². The van der Waals surface area contributed by atoms with Gasteiger partial charge in [0.15, 0.2) is 0 Å². The van der Waals surface area contributed by atoms with Crippen molar-refractivity contribution in [2.45, 2.75) is 38.6 Å². The molecule has 0 saturated carbocycles. The minimum atomic E-state index is 0.483. The number of hydrogen-bond donors (Lipinski definition) is 0. The normalized spacial score (nSPS) is 22.3. The molecule has 12 heavy (non-hydrogen) atoms. The average molecular weight is 164 g/mol. The maximum atomic E-state index is 8.52. The van der Waals surface area contributed by atoms with Gasteiger partial charge in [0.25, 0.3) is 0 Å². The Morgan fingerprint density at radius 2 is 2.50 bits per heavy atom. The number of nitriles is 1. The van der Waals surface area contributed by atoms with Crippen LogP contribution in [0.1, 0.15) is 32.6 Å². The molecule has 0 aliphatic carbocycles. The summed E-state index contributed by atoms with van der Waals surface area (Å²) in [4.78, 5) is 2.29. The lowest BCUT2D eigenvalue weighted by Gasteiger charge is -2.26. The molecule has 0 amide bonds. The first-order valence-electron chi connectivity index (χ1n) is 4.61. The molecule has 0 aromatic carbocycles. The van der Waals surface area contributed by atoms with Gasteiger partial charge >= 0.3 is 0 Å². The van der Waals surface area contributed by atoms with Crippen LogP contribution in [0.2, 0.25) is 0 Å². The summed E-state index contributed by atoms with van der Waals surface area (Å²) >= 11 is 0. The van der Waals surface area contributed by atoms with E-state index in [4.69, 9.17) is 5.26 Å². The molecule has 1 rings (SSSR count). The van der Waals surface area contributed by atoms with E-state index in [1.807, 2.05) is 0 Å². The first kappa shape index (κ1) is 9.12. The molecule has 2 heteroatoms. The van der Waals surface area contributed by atoms with Crippen molar-refractivity contribution in [2.75, 3.05) is 6.54 Å². The maximum Gasteiger partial charge on any atom is 0.0745 e. The van der Waals surface area contributed by atoms with Crippen LogP contribution < -0.4 is 0 Å². The Morgan fingerprint density at radius 3 is 3.08 bits per heavy atom. The Labute approximate surface area is 74.5 Å². The van der Waals surface area contributed by atoms with Gasteiger partial charge in [-0.2, -0.15) is 5.26 Å². The van der Waals surface area contributed by atoms with Crippen LogP contribution in [-0.2, 0) is 0 Å². The summed E-state index contributed by atoms with van der Waals surface area (Å²) in [6.07, 6.45) is 4.17. The molecule has 1 aliphatic rings. The van der Waals surface area contributed by atoms with E-state index in [1.54, 1.807) is 0 Å². The molecule has 1 saturated heterocycles. The van der Waals surface area contributed by atoms with Gasteiger partial charge in [-0.3, -0.25) is 0 Å². The molecule has 1 aliphatic heterocycles. The highest BCUT2D eigenvalue weighted by Crippen LogP contribution is 2.24. The quantitative estimate of drug-likeness (QED) is 0.640. The Bertz CT molecular complexity index is 202. The molecule has 0 bridgehead atoms. The third kappa shape index (κ3) is 1.79. The van der Waals surface area contributed by atoms with Crippen LogP contribution in [0.3, 0.4) is 0 Å². The Hall–Kier alpha value is -0.970. The fourth-order valence-electron chi connectivity index (χ4n) is 1.87. The zero-order valence-electron chi connectivity index (χ0n) is 7.71. The first-order valence-corrected chi connectivity index (χ1v) is 4.61. The van der Waals surface area contributed by atoms with Crippen LogP contribution in [-0.4, -0.2) is 17.5 Å². The van der Waals surface area contributed by atoms with Crippen molar-refractivity contribution in [2.24, 2.45) is 0 Å². The molecule has 0 unspecified atom stereocenters. The van der Waals surface area contributed by atoms with E-state index in [1.165, 1.54) is 19.3 Å². The van der Waals surface area contributed by atoms with Crippen molar-refractivity contribution < 1.29 is 0 Å². The second kappa shape index (κ2) is 4.15. The average Bonchev–Trinajstić information content (AvgIpc) is 2.51. The molecule has 0 spiro atoms. The number of likely N-dealkylation sites (tertiary alicyclic amines) is 1. The highest BCUT2D eigenvalue weighted by Gasteiger charge is 2.23. The van der Waals surface area contributed by atoms with Gasteiger partial charge in [0.2, 0.25) is 0 Å². The van der Waals surface area contributed by atoms with Crippen molar-refractivity contribution in [1.82, 2.24) is 4.90 Å². The van der Waals surface area contributed by atoms with E-state index in [0.29, 0.717) is 12.5 Å². The predicted molar refractivity (Wildman–Crippen MR) is 49.4 cm³/mol. The van der Waals surface area contributed by atoms with Crippen molar-refractivity contribution in [3.63, 3.8) is 0 Å². The fourth-order valence-corrected chi connectivity index (χ4v) is 1.87. The third-order valence-corrected chi connectivity index (χ3v) is 2.54. The summed E-state index contributed by atoms with van der Waals surface area (Å²) < 4.78 is 0. The monoisotopic (exact) mass is 164 g/mol. The number of nitrogens with zero attached hydrogens (tertiary/aromatic N) is 2. The number of allylic oxidation sites excluding steroid dienone is 1. The van der Waals surface area contributed by atoms with Crippen molar-refractivity contribution in [3.05, 3.63) is 12.3 Å². The molecule has 1 heterocycles. The predicted octanol–water partition coefficient (Wildman–Crippen LogP) is 2.29. The largest absolute Gasteiger partial charge is 0.371 e. The van der Waals surface area contributed by atoms with Gasteiger partial charge in [0, 0.05) is 18.3 Å². The Morgan fingerprint density at radius 1 is 1.75 bits per heavy atom. The summed E-state index contributed by atoms with van der Waals surface area (Å²) in [6.45, 7) is 7.22. The van der Waals surface area contributed by atoms with Gasteiger partial charge in [0.05, 0.1) is 12.5 Å². The van der Waals surface area contributed by atoms with Crippen LogP contribution in [0.4, 0.5) is 0 Å². The molecule has 1 fully saturated rings. The first-order chi connectivity index (χ1) is 5.79. The van der Waals surface area contributed by atoms with Crippen LogP contribution >= 0.6 is 0 Å². The molecule has 0 aromatic rings. The van der Waals surface area contributed by atoms with E-state index >= 15 is 0 Å². The van der Waals surface area contributed by atoms with Crippen LogP contribution in [0.15, 0.2) is 12.3 Å². The standard InChI is InChI=1S/C10H16N2/c1-3-10-5-4-8-12(10)9(2)6-7-11/h10H,2-6,8H2,1H3/t10-/m0/s1. The van der Waals surface area contributed by atoms with Crippen LogP contribution in [0, 0.1) is 11.3 Å². The third-order valence-electron chi connectivity index (χ3n) is 2.54. The minimum Gasteiger partial charge on any atom is -0.371 e. The van der Waals surface area contributed by atoms with Gasteiger partial charge in [-0.1, -0.05) is 13.5 Å². The van der Waals surface area contributed by atoms with Crippen LogP contribution in [0.5, 0.6) is 0 Å². The highest BCUT2D eigenvalue weighted by atomic mass is 15.2. The Kier molecular flexibility index (Phi) is 3.16. The summed E-state index contributed by atoms with van der Waals surface area (Å²) in [5.74, 6) is 0. The summed E-state index contributed by atoms with van der Waals surface area (Å²) in [6, 6.07) is 2.79. The topological polar surface area (TPSA) is 27.0 Å². The minimum absolute atomic E-state index is 0.483. The van der Waals surface area contributed by atoms with E-state index in [-0.39, 0.29) is 0 Å². The summed E-state index contributed by atoms with van der Waals surface area (Å²) in [5.41, 5.74) is 1.00. The second-order valence-electron chi connectivity index (χ2n) is 3.30. The van der Waals surface area contributed by atoms with Crippen LogP contribution in [0.25, 0.3) is 0 Å². The number of hydrogen-bond acceptors (Lipinski definition) is 2. The van der Waals surface area contributed by atoms with Crippen molar-refractivity contribution in [3.8, 4) is 6.07 Å². The van der Waals surface area contributed by atoms with Gasteiger partial charge in [-0.25, -0.2) is 0 Å². The van der Waals surface area contributed by atoms with E-state index in [0.717, 1.165) is 12.2 Å². The van der Waals surface area contributed by atoms with Gasteiger partial charge in [-0.05, 0) is 19.3 Å². The molecule has 66 valence electrons.